The summed E-state index contributed by atoms with van der Waals surface area (Å²) in [6.45, 7) is 3.81. The van der Waals surface area contributed by atoms with Gasteiger partial charge in [0, 0.05) is 12.7 Å². The van der Waals surface area contributed by atoms with Gasteiger partial charge in [-0.3, -0.25) is 4.90 Å². The molecule has 1 aromatic rings. The number of hydrogen-bond donors (Lipinski definition) is 2. The molecule has 0 spiro atoms. The molecule has 5 heteroatoms. The lowest BCUT2D eigenvalue weighted by atomic mass is 10.0. The third-order valence-electron chi connectivity index (χ3n) is 3.44. The minimum absolute atomic E-state index is 0.132. The monoisotopic (exact) mass is 235 g/mol. The second kappa shape index (κ2) is 4.01. The number of carbonyl (C=O) groups excluding carboxylic acids is 1. The lowest BCUT2D eigenvalue weighted by molar-refractivity contribution is 0.0769. The fourth-order valence-electron chi connectivity index (χ4n) is 2.08. The Bertz CT molecular complexity index is 419. The number of amides is 2. The van der Waals surface area contributed by atoms with E-state index in [-0.39, 0.29) is 6.03 Å². The van der Waals surface area contributed by atoms with Crippen molar-refractivity contribution in [3.63, 3.8) is 0 Å². The molecule has 1 aliphatic heterocycles. The summed E-state index contributed by atoms with van der Waals surface area (Å²) in [6.07, 6.45) is -0.470. The lowest BCUT2D eigenvalue weighted by Crippen LogP contribution is -2.53. The molecular weight excluding hydrogens is 218 g/mol. The summed E-state index contributed by atoms with van der Waals surface area (Å²) >= 11 is 0. The zero-order chi connectivity index (χ0) is 12.6. The summed E-state index contributed by atoms with van der Waals surface area (Å²) in [4.78, 5) is 15.4. The maximum Gasteiger partial charge on any atom is 0.326 e. The minimum Gasteiger partial charge on any atom is -0.319 e. The maximum absolute atomic E-state index is 12.2. The fraction of sp³-hybridized carbons (Fsp3) is 0.417. The van der Waals surface area contributed by atoms with Crippen molar-refractivity contribution in [1.29, 1.82) is 0 Å². The lowest BCUT2D eigenvalue weighted by Gasteiger charge is -2.32. The zero-order valence-corrected chi connectivity index (χ0v) is 10.2. The molecule has 1 heterocycles. The van der Waals surface area contributed by atoms with Gasteiger partial charge in [-0.2, -0.15) is 5.48 Å². The number of benzene rings is 1. The van der Waals surface area contributed by atoms with E-state index in [4.69, 9.17) is 0 Å². The van der Waals surface area contributed by atoms with E-state index in [2.05, 4.69) is 5.48 Å². The molecule has 2 amide bonds. The summed E-state index contributed by atoms with van der Waals surface area (Å²) in [7, 11) is 1.73. The molecule has 5 nitrogen and oxygen atoms in total. The van der Waals surface area contributed by atoms with E-state index in [1.54, 1.807) is 16.8 Å². The predicted molar refractivity (Wildman–Crippen MR) is 64.9 cm³/mol. The smallest absolute Gasteiger partial charge is 0.319 e. The largest absolute Gasteiger partial charge is 0.326 e. The molecule has 0 unspecified atom stereocenters. The highest BCUT2D eigenvalue weighted by atomic mass is 16.5. The first-order valence-electron chi connectivity index (χ1n) is 5.52. The second-order valence-electron chi connectivity index (χ2n) is 4.73. The van der Waals surface area contributed by atoms with Gasteiger partial charge in [-0.25, -0.2) is 4.79 Å². The quantitative estimate of drug-likeness (QED) is 0.766. The van der Waals surface area contributed by atoms with E-state index < -0.39 is 11.7 Å². The number of rotatable bonds is 2. The number of urea groups is 1. The van der Waals surface area contributed by atoms with Crippen LogP contribution in [0.4, 0.5) is 10.5 Å². The Morgan fingerprint density at radius 1 is 1.29 bits per heavy atom. The second-order valence-corrected chi connectivity index (χ2v) is 4.73. The summed E-state index contributed by atoms with van der Waals surface area (Å²) in [6, 6.07) is 9.17. The molecular formula is C12H17N3O2. The van der Waals surface area contributed by atoms with Crippen LogP contribution < -0.4 is 10.4 Å². The Labute approximate surface area is 101 Å². The molecule has 92 valence electrons. The summed E-state index contributed by atoms with van der Waals surface area (Å²) < 4.78 is 0. The molecule has 1 fully saturated rings. The van der Waals surface area contributed by atoms with Gasteiger partial charge in [-0.1, -0.05) is 18.2 Å². The topological polar surface area (TPSA) is 55.8 Å². The first-order valence-corrected chi connectivity index (χ1v) is 5.52. The van der Waals surface area contributed by atoms with Gasteiger partial charge in [0.1, 0.15) is 6.17 Å². The van der Waals surface area contributed by atoms with Crippen LogP contribution in [0.5, 0.6) is 0 Å². The van der Waals surface area contributed by atoms with Crippen LogP contribution in [-0.2, 0) is 0 Å². The third-order valence-corrected chi connectivity index (χ3v) is 3.44. The average molecular weight is 235 g/mol. The van der Waals surface area contributed by atoms with Crippen molar-refractivity contribution >= 4 is 11.7 Å². The summed E-state index contributed by atoms with van der Waals surface area (Å²) in [5, 5.41) is 9.30. The highest BCUT2D eigenvalue weighted by Gasteiger charge is 2.50. The van der Waals surface area contributed by atoms with Crippen molar-refractivity contribution in [2.75, 3.05) is 11.9 Å². The van der Waals surface area contributed by atoms with Crippen LogP contribution in [0.25, 0.3) is 0 Å². The first kappa shape index (κ1) is 11.9. The number of nitrogens with one attached hydrogen (secondary N) is 1. The molecule has 0 aromatic heterocycles. The molecule has 0 aliphatic carbocycles. The van der Waals surface area contributed by atoms with Crippen molar-refractivity contribution < 1.29 is 10.0 Å². The van der Waals surface area contributed by atoms with Gasteiger partial charge in [-0.15, -0.1) is 0 Å². The molecule has 0 radical (unpaired) electrons. The Morgan fingerprint density at radius 3 is 2.41 bits per heavy atom. The number of likely N-dealkylation sites (N-methyl/N-ethyl adjacent to an activating group) is 1. The molecule has 2 N–H and O–H groups in total. The van der Waals surface area contributed by atoms with Crippen molar-refractivity contribution in [3.05, 3.63) is 30.3 Å². The van der Waals surface area contributed by atoms with Crippen molar-refractivity contribution in [2.45, 2.75) is 25.6 Å². The summed E-state index contributed by atoms with van der Waals surface area (Å²) in [5.74, 6) is 0. The van der Waals surface area contributed by atoms with E-state index in [9.17, 15) is 10.0 Å². The van der Waals surface area contributed by atoms with E-state index >= 15 is 0 Å². The van der Waals surface area contributed by atoms with Gasteiger partial charge in [0.15, 0.2) is 0 Å². The number of hydrogen-bond acceptors (Lipinski definition) is 3. The molecule has 1 aliphatic rings. The number of para-hydroxylation sites is 1. The highest BCUT2D eigenvalue weighted by molar-refractivity contribution is 5.95. The minimum atomic E-state index is -0.484. The molecule has 0 bridgehead atoms. The van der Waals surface area contributed by atoms with Crippen LogP contribution in [0.3, 0.4) is 0 Å². The molecule has 1 atom stereocenters. The predicted octanol–water partition coefficient (Wildman–Crippen LogP) is 1.64. The standard InChI is InChI=1S/C12H17N3O2/c1-12(2)10(13-17)15(11(16)14(12)3)9-7-5-4-6-8-9/h4-8,10,13,17H,1-3H3/t10-/m0/s1. The van der Waals surface area contributed by atoms with Crippen molar-refractivity contribution in [3.8, 4) is 0 Å². The molecule has 2 rings (SSSR count). The van der Waals surface area contributed by atoms with Crippen LogP contribution in [-0.4, -0.2) is 34.9 Å². The number of anilines is 1. The van der Waals surface area contributed by atoms with Crippen molar-refractivity contribution in [1.82, 2.24) is 10.4 Å². The van der Waals surface area contributed by atoms with Crippen molar-refractivity contribution in [2.24, 2.45) is 0 Å². The van der Waals surface area contributed by atoms with Gasteiger partial charge in [0.05, 0.1) is 5.54 Å². The number of hydroxylamine groups is 1. The van der Waals surface area contributed by atoms with Gasteiger partial charge in [0.25, 0.3) is 0 Å². The molecule has 17 heavy (non-hydrogen) atoms. The third kappa shape index (κ3) is 1.67. The van der Waals surface area contributed by atoms with Gasteiger partial charge in [-0.05, 0) is 26.0 Å². The Kier molecular flexibility index (Phi) is 2.81. The molecule has 1 aromatic carbocycles. The van der Waals surface area contributed by atoms with E-state index in [0.29, 0.717) is 0 Å². The number of carbonyl (C=O) groups is 1. The van der Waals surface area contributed by atoms with Gasteiger partial charge < -0.3 is 10.1 Å². The zero-order valence-electron chi connectivity index (χ0n) is 10.2. The van der Waals surface area contributed by atoms with Crippen LogP contribution in [0, 0.1) is 0 Å². The normalized spacial score (nSPS) is 23.3. The Hall–Kier alpha value is -1.59. The molecule has 1 saturated heterocycles. The highest BCUT2D eigenvalue weighted by Crippen LogP contribution is 2.33. The van der Waals surface area contributed by atoms with E-state index in [0.717, 1.165) is 5.69 Å². The van der Waals surface area contributed by atoms with Crippen LogP contribution in [0.1, 0.15) is 13.8 Å². The average Bonchev–Trinajstić information content (AvgIpc) is 2.50. The number of nitrogens with zero attached hydrogens (tertiary/aromatic N) is 2. The van der Waals surface area contributed by atoms with Crippen LogP contribution in [0.2, 0.25) is 0 Å². The van der Waals surface area contributed by atoms with Crippen LogP contribution in [0.15, 0.2) is 30.3 Å². The first-order chi connectivity index (χ1) is 8.00. The summed E-state index contributed by atoms with van der Waals surface area (Å²) in [5.41, 5.74) is 2.51. The van der Waals surface area contributed by atoms with E-state index in [1.807, 2.05) is 44.2 Å². The van der Waals surface area contributed by atoms with Gasteiger partial charge >= 0.3 is 6.03 Å². The SMILES string of the molecule is CN1C(=O)N(c2ccccc2)[C@H](NO)C1(C)C. The fourth-order valence-corrected chi connectivity index (χ4v) is 2.08. The van der Waals surface area contributed by atoms with E-state index in [1.165, 1.54) is 0 Å². The van der Waals surface area contributed by atoms with Gasteiger partial charge in [0.2, 0.25) is 0 Å². The molecule has 0 saturated carbocycles. The Morgan fingerprint density at radius 2 is 1.88 bits per heavy atom. The Balaban J connectivity index is 2.44. The van der Waals surface area contributed by atoms with Crippen LogP contribution >= 0.6 is 0 Å². The maximum atomic E-state index is 12.2.